The Kier molecular flexibility index (Phi) is 3.59. The van der Waals surface area contributed by atoms with Gasteiger partial charge in [-0.25, -0.2) is 9.78 Å². The van der Waals surface area contributed by atoms with Crippen molar-refractivity contribution < 1.29 is 19.6 Å². The molecule has 0 bridgehead atoms. The van der Waals surface area contributed by atoms with E-state index < -0.39 is 23.1 Å². The van der Waals surface area contributed by atoms with Crippen molar-refractivity contribution in [3.8, 4) is 11.4 Å². The summed E-state index contributed by atoms with van der Waals surface area (Å²) >= 11 is 0. The fraction of sp³-hybridized carbons (Fsp3) is 0.250. The average molecular weight is 393 g/mol. The maximum atomic E-state index is 13.2. The lowest BCUT2D eigenvalue weighted by atomic mass is 9.94. The third kappa shape index (κ3) is 2.34. The zero-order valence-corrected chi connectivity index (χ0v) is 15.3. The normalized spacial score (nSPS) is 19.4. The van der Waals surface area contributed by atoms with Crippen LogP contribution in [-0.2, 0) is 16.1 Å². The molecule has 146 valence electrons. The summed E-state index contributed by atoms with van der Waals surface area (Å²) < 4.78 is 6.71. The van der Waals surface area contributed by atoms with Crippen LogP contribution < -0.4 is 5.56 Å². The van der Waals surface area contributed by atoms with Crippen LogP contribution in [0.5, 0.6) is 0 Å². The van der Waals surface area contributed by atoms with Crippen molar-refractivity contribution in [1.29, 1.82) is 0 Å². The van der Waals surface area contributed by atoms with Gasteiger partial charge in [0.05, 0.1) is 39.3 Å². The Morgan fingerprint density at radius 3 is 2.86 bits per heavy atom. The maximum absolute atomic E-state index is 13.2. The second-order valence-electron chi connectivity index (χ2n) is 7.12. The summed E-state index contributed by atoms with van der Waals surface area (Å²) in [5.74, 6) is -0.783. The molecule has 2 aliphatic rings. The number of fused-ring (bicyclic) bond motifs is 5. The van der Waals surface area contributed by atoms with E-state index in [4.69, 9.17) is 4.74 Å². The molecular weight excluding hydrogens is 378 g/mol. The van der Waals surface area contributed by atoms with Gasteiger partial charge >= 0.3 is 5.97 Å². The minimum atomic E-state index is -1.53. The number of non-ortho nitro benzene ring substituents is 1. The van der Waals surface area contributed by atoms with E-state index in [1.807, 2.05) is 0 Å². The molecule has 3 aromatic rings. The van der Waals surface area contributed by atoms with Crippen molar-refractivity contribution in [1.82, 2.24) is 9.55 Å². The highest BCUT2D eigenvalue weighted by Crippen LogP contribution is 2.39. The van der Waals surface area contributed by atoms with Crippen LogP contribution in [0.1, 0.15) is 42.2 Å². The van der Waals surface area contributed by atoms with Gasteiger partial charge in [-0.1, -0.05) is 13.0 Å². The van der Waals surface area contributed by atoms with Gasteiger partial charge in [-0.05, 0) is 24.6 Å². The molecule has 2 aromatic heterocycles. The molecule has 9 nitrogen and oxygen atoms in total. The number of aliphatic hydroxyl groups excluding tert-OH is 1. The monoisotopic (exact) mass is 393 g/mol. The molecule has 1 N–H and O–H groups in total. The summed E-state index contributed by atoms with van der Waals surface area (Å²) in [7, 11) is 0. The average Bonchev–Trinajstić information content (AvgIpc) is 3.06. The second kappa shape index (κ2) is 5.95. The number of benzene rings is 1. The number of carbonyl (C=O) groups excluding carboxylic acids is 1. The van der Waals surface area contributed by atoms with Gasteiger partial charge in [-0.3, -0.25) is 14.9 Å². The van der Waals surface area contributed by atoms with Crippen LogP contribution in [-0.4, -0.2) is 25.6 Å². The highest BCUT2D eigenvalue weighted by Gasteiger charge is 2.38. The number of hydrogen-bond donors (Lipinski definition) is 1. The van der Waals surface area contributed by atoms with Crippen molar-refractivity contribution in [3.05, 3.63) is 67.5 Å². The van der Waals surface area contributed by atoms with Crippen LogP contribution in [0.3, 0.4) is 0 Å². The summed E-state index contributed by atoms with van der Waals surface area (Å²) in [6.45, 7) is 1.99. The number of nitrogens with zero attached hydrogens (tertiary/aromatic N) is 3. The largest absolute Gasteiger partial charge is 0.455 e. The quantitative estimate of drug-likeness (QED) is 0.315. The highest BCUT2D eigenvalue weighted by atomic mass is 16.6. The zero-order chi connectivity index (χ0) is 20.4. The van der Waals surface area contributed by atoms with Crippen LogP contribution in [0.2, 0.25) is 0 Å². The molecule has 0 radical (unpaired) electrons. The molecular formula is C20H15N3O6. The molecule has 9 heteroatoms. The van der Waals surface area contributed by atoms with Gasteiger partial charge in [-0.15, -0.1) is 0 Å². The number of hydrogen-bond acceptors (Lipinski definition) is 7. The first-order valence-electron chi connectivity index (χ1n) is 9.14. The number of nitro groups is 1. The molecule has 0 spiro atoms. The number of aliphatic hydroxyl groups is 1. The summed E-state index contributed by atoms with van der Waals surface area (Å²) in [6.07, 6.45) is -1.85. The Morgan fingerprint density at radius 1 is 1.34 bits per heavy atom. The minimum absolute atomic E-state index is 0.0548. The van der Waals surface area contributed by atoms with Crippen molar-refractivity contribution in [2.45, 2.75) is 32.1 Å². The molecule has 0 fully saturated rings. The number of cyclic esters (lactones) is 1. The Balaban J connectivity index is 1.78. The lowest BCUT2D eigenvalue weighted by Gasteiger charge is -2.28. The first-order valence-corrected chi connectivity index (χ1v) is 9.14. The lowest BCUT2D eigenvalue weighted by molar-refractivity contribution is -0.383. The van der Waals surface area contributed by atoms with Crippen molar-refractivity contribution >= 4 is 22.6 Å². The Hall–Kier alpha value is -3.59. The molecule has 2 atom stereocenters. The predicted molar refractivity (Wildman–Crippen MR) is 101 cm³/mol. The first-order chi connectivity index (χ1) is 13.9. The molecule has 1 unspecified atom stereocenters. The van der Waals surface area contributed by atoms with E-state index in [-0.39, 0.29) is 28.9 Å². The van der Waals surface area contributed by atoms with E-state index in [0.717, 1.165) is 0 Å². The number of ether oxygens (including phenoxy) is 1. The Morgan fingerprint density at radius 2 is 2.14 bits per heavy atom. The van der Waals surface area contributed by atoms with Gasteiger partial charge in [0.1, 0.15) is 6.10 Å². The predicted octanol–water partition coefficient (Wildman–Crippen LogP) is 2.37. The lowest BCUT2D eigenvalue weighted by Crippen LogP contribution is -2.35. The van der Waals surface area contributed by atoms with Crippen LogP contribution in [0.25, 0.3) is 22.3 Å². The number of rotatable bonds is 2. The van der Waals surface area contributed by atoms with E-state index in [2.05, 4.69) is 4.98 Å². The number of carbonyl (C=O) groups is 1. The zero-order valence-electron chi connectivity index (χ0n) is 15.3. The maximum Gasteiger partial charge on any atom is 0.340 e. The fourth-order valence-corrected chi connectivity index (χ4v) is 4.16. The van der Waals surface area contributed by atoms with Crippen LogP contribution in [0.15, 0.2) is 35.1 Å². The molecule has 0 saturated heterocycles. The fourth-order valence-electron chi connectivity index (χ4n) is 4.16. The van der Waals surface area contributed by atoms with Crippen molar-refractivity contribution in [2.75, 3.05) is 0 Å². The number of esters is 1. The van der Waals surface area contributed by atoms with Crippen LogP contribution >= 0.6 is 0 Å². The van der Waals surface area contributed by atoms with Crippen LogP contribution in [0.4, 0.5) is 5.69 Å². The SMILES string of the molecule is CC[C@@H]1OC(=O)C(O)c2cc3n(c(=O)c21)Cc1cc2c([N+](=O)[O-])cccc2nc1-3. The van der Waals surface area contributed by atoms with Crippen molar-refractivity contribution in [2.24, 2.45) is 0 Å². The Bertz CT molecular complexity index is 1300. The van der Waals surface area contributed by atoms with E-state index in [0.29, 0.717) is 34.3 Å². The first kappa shape index (κ1) is 17.5. The number of aromatic nitrogens is 2. The molecule has 0 saturated carbocycles. The summed E-state index contributed by atoms with van der Waals surface area (Å²) in [5, 5.41) is 22.0. The van der Waals surface area contributed by atoms with E-state index in [1.54, 1.807) is 31.2 Å². The summed E-state index contributed by atoms with van der Waals surface area (Å²) in [4.78, 5) is 40.6. The topological polar surface area (TPSA) is 125 Å². The minimum Gasteiger partial charge on any atom is -0.455 e. The standard InChI is InChI=1S/C20H15N3O6/c1-2-15-16-11(18(24)20(26)29-15)7-14-17-9(8-22(14)19(16)25)6-10-12(21-17)4-3-5-13(10)23(27)28/h3-7,15,18,24H,2,8H2,1H3/t15-,18?/m0/s1. The van der Waals surface area contributed by atoms with Gasteiger partial charge in [0, 0.05) is 17.2 Å². The van der Waals surface area contributed by atoms with E-state index in [9.17, 15) is 24.8 Å². The molecule has 5 rings (SSSR count). The van der Waals surface area contributed by atoms with E-state index >= 15 is 0 Å². The molecule has 0 amide bonds. The molecule has 1 aromatic carbocycles. The Labute approximate surface area is 163 Å². The van der Waals surface area contributed by atoms with E-state index in [1.165, 1.54) is 10.6 Å². The number of nitro benzene ring substituents is 1. The van der Waals surface area contributed by atoms with Crippen molar-refractivity contribution in [3.63, 3.8) is 0 Å². The summed E-state index contributed by atoms with van der Waals surface area (Å²) in [6, 6.07) is 7.92. The van der Waals surface area contributed by atoms with Gasteiger partial charge < -0.3 is 14.4 Å². The number of pyridine rings is 2. The molecule has 29 heavy (non-hydrogen) atoms. The summed E-state index contributed by atoms with van der Waals surface area (Å²) in [5.41, 5.74) is 2.18. The van der Waals surface area contributed by atoms with Gasteiger partial charge in [0.15, 0.2) is 6.10 Å². The smallest absolute Gasteiger partial charge is 0.340 e. The highest BCUT2D eigenvalue weighted by molar-refractivity contribution is 5.91. The van der Waals surface area contributed by atoms with Crippen LogP contribution in [0, 0.1) is 10.1 Å². The molecule has 4 heterocycles. The second-order valence-corrected chi connectivity index (χ2v) is 7.12. The molecule has 2 aliphatic heterocycles. The third-order valence-corrected chi connectivity index (χ3v) is 5.52. The third-order valence-electron chi connectivity index (χ3n) is 5.52. The molecule has 0 aliphatic carbocycles. The van der Waals surface area contributed by atoms with Gasteiger partial charge in [-0.2, -0.15) is 0 Å². The van der Waals surface area contributed by atoms with Gasteiger partial charge in [0.2, 0.25) is 0 Å². The van der Waals surface area contributed by atoms with Gasteiger partial charge in [0.25, 0.3) is 11.2 Å².